The Morgan fingerprint density at radius 1 is 0.236 bits per heavy atom. The zero-order valence-corrected chi connectivity index (χ0v) is 60.2. The van der Waals surface area contributed by atoms with Crippen LogP contribution in [0.5, 0.6) is 0 Å². The molecule has 0 radical (unpaired) electrons. The van der Waals surface area contributed by atoms with Gasteiger partial charge in [-0.1, -0.05) is 269 Å². The lowest BCUT2D eigenvalue weighted by molar-refractivity contribution is 0.590. The summed E-state index contributed by atoms with van der Waals surface area (Å²) >= 11 is 0. The molecular formula is C98H66N10O2. The molecule has 110 heavy (non-hydrogen) atoms. The first-order valence-electron chi connectivity index (χ1n) is 36.9. The third-order valence-electron chi connectivity index (χ3n) is 20.8. The van der Waals surface area contributed by atoms with Crippen LogP contribution in [0.4, 0.5) is 0 Å². The van der Waals surface area contributed by atoms with E-state index in [1.807, 2.05) is 128 Å². The Morgan fingerprint density at radius 3 is 0.991 bits per heavy atom. The van der Waals surface area contributed by atoms with Crippen molar-refractivity contribution in [2.45, 2.75) is 26.2 Å². The van der Waals surface area contributed by atoms with Gasteiger partial charge in [0, 0.05) is 77.7 Å². The molecule has 520 valence electrons. The topological polar surface area (TPSA) is 139 Å². The predicted molar refractivity (Wildman–Crippen MR) is 446 cm³/mol. The molecule has 21 rings (SSSR count). The van der Waals surface area contributed by atoms with Crippen LogP contribution in [0.3, 0.4) is 0 Å². The second-order valence-electron chi connectivity index (χ2n) is 28.6. The van der Waals surface area contributed by atoms with Crippen LogP contribution in [-0.2, 0) is 5.41 Å². The summed E-state index contributed by atoms with van der Waals surface area (Å²) < 4.78 is 17.0. The van der Waals surface area contributed by atoms with E-state index in [9.17, 15) is 0 Å². The number of pyridine rings is 2. The first-order chi connectivity index (χ1) is 54.2. The highest BCUT2D eigenvalue weighted by atomic mass is 16.3. The van der Waals surface area contributed by atoms with E-state index in [-0.39, 0.29) is 5.41 Å². The van der Waals surface area contributed by atoms with Crippen LogP contribution in [0, 0.1) is 0 Å². The van der Waals surface area contributed by atoms with Crippen molar-refractivity contribution in [3.63, 3.8) is 0 Å². The summed E-state index contributed by atoms with van der Waals surface area (Å²) in [5.41, 5.74) is 21.1. The molecule has 0 amide bonds. The minimum atomic E-state index is 0.0344. The lowest BCUT2D eigenvalue weighted by atomic mass is 9.87. The molecule has 0 fully saturated rings. The normalized spacial score (nSPS) is 11.8. The van der Waals surface area contributed by atoms with Gasteiger partial charge in [-0.05, 0) is 129 Å². The van der Waals surface area contributed by atoms with E-state index >= 15 is 0 Å². The molecule has 0 aliphatic carbocycles. The third-order valence-corrected chi connectivity index (χ3v) is 20.8. The van der Waals surface area contributed by atoms with E-state index in [0.29, 0.717) is 34.9 Å². The molecule has 12 heteroatoms. The van der Waals surface area contributed by atoms with Gasteiger partial charge < -0.3 is 8.83 Å². The SMILES string of the molecule is CC(C)(C)c1ccc(-c2nc(-c3ccccc3)nc(-c3cccnc3-n3c4ccccc4c4cc(-c5cccc6oc7ccccc7c56)ccc43)n2)cc1.c1ccc(-c2ccc(-c3nc(-c4ccccc4)nc(-c4cccnc4-n4c5ccccc5c5cc(-c6cccc7oc8ccccc8c67)ccc54)n3)cc2)cc1. The zero-order chi connectivity index (χ0) is 73.4. The number of hydrogen-bond acceptors (Lipinski definition) is 10. The number of hydrogen-bond donors (Lipinski definition) is 0. The van der Waals surface area contributed by atoms with Gasteiger partial charge in [-0.2, -0.15) is 0 Å². The number of fused-ring (bicyclic) bond motifs is 12. The maximum absolute atomic E-state index is 6.26. The number of benzene rings is 13. The van der Waals surface area contributed by atoms with E-state index in [2.05, 4.69) is 248 Å². The summed E-state index contributed by atoms with van der Waals surface area (Å²) in [6.45, 7) is 6.66. The Hall–Kier alpha value is -14.6. The van der Waals surface area contributed by atoms with E-state index in [1.165, 1.54) is 5.56 Å². The van der Waals surface area contributed by atoms with Gasteiger partial charge in [0.25, 0.3) is 0 Å². The molecule has 12 nitrogen and oxygen atoms in total. The van der Waals surface area contributed by atoms with Crippen LogP contribution < -0.4 is 0 Å². The predicted octanol–water partition coefficient (Wildman–Crippen LogP) is 24.8. The molecule has 0 saturated carbocycles. The minimum Gasteiger partial charge on any atom is -0.456 e. The monoisotopic (exact) mass is 1410 g/mol. The maximum atomic E-state index is 6.26. The van der Waals surface area contributed by atoms with Crippen molar-refractivity contribution in [3.8, 4) is 113 Å². The number of para-hydroxylation sites is 4. The van der Waals surface area contributed by atoms with Crippen LogP contribution >= 0.6 is 0 Å². The maximum Gasteiger partial charge on any atom is 0.167 e. The molecule has 0 N–H and O–H groups in total. The van der Waals surface area contributed by atoms with Crippen molar-refractivity contribution in [1.29, 1.82) is 0 Å². The van der Waals surface area contributed by atoms with Gasteiger partial charge >= 0.3 is 0 Å². The third kappa shape index (κ3) is 11.5. The van der Waals surface area contributed by atoms with E-state index in [4.69, 9.17) is 48.7 Å². The molecular weight excluding hydrogens is 1350 g/mol. The molecule has 13 aromatic carbocycles. The Labute approximate surface area is 632 Å². The van der Waals surface area contributed by atoms with Gasteiger partial charge in [-0.3, -0.25) is 9.13 Å². The highest BCUT2D eigenvalue weighted by molar-refractivity contribution is 6.17. The second kappa shape index (κ2) is 26.8. The molecule has 0 unspecified atom stereocenters. The van der Waals surface area contributed by atoms with Crippen molar-refractivity contribution in [1.82, 2.24) is 49.0 Å². The zero-order valence-electron chi connectivity index (χ0n) is 60.2. The number of furan rings is 2. The summed E-state index contributed by atoms with van der Waals surface area (Å²) in [6, 6.07) is 115. The van der Waals surface area contributed by atoms with E-state index in [0.717, 1.165) is 166 Å². The molecule has 8 heterocycles. The molecule has 21 aromatic rings. The molecule has 0 bridgehead atoms. The molecule has 0 aliphatic rings. The van der Waals surface area contributed by atoms with Gasteiger partial charge in [0.05, 0.1) is 33.2 Å². The highest BCUT2D eigenvalue weighted by Gasteiger charge is 2.25. The second-order valence-corrected chi connectivity index (χ2v) is 28.6. The van der Waals surface area contributed by atoms with Crippen LogP contribution in [0.25, 0.3) is 201 Å². The summed E-state index contributed by atoms with van der Waals surface area (Å²) in [6.07, 6.45) is 3.67. The van der Waals surface area contributed by atoms with Crippen molar-refractivity contribution in [2.75, 3.05) is 0 Å². The van der Waals surface area contributed by atoms with E-state index < -0.39 is 0 Å². The summed E-state index contributed by atoms with van der Waals surface area (Å²) in [5, 5.41) is 8.98. The summed E-state index contributed by atoms with van der Waals surface area (Å²) in [5.74, 6) is 5.01. The highest BCUT2D eigenvalue weighted by Crippen LogP contribution is 2.44. The largest absolute Gasteiger partial charge is 0.456 e. The molecule has 0 aliphatic heterocycles. The molecule has 0 saturated heterocycles. The summed E-state index contributed by atoms with van der Waals surface area (Å²) in [4.78, 5) is 40.6. The van der Waals surface area contributed by atoms with Crippen molar-refractivity contribution >= 4 is 87.5 Å². The molecule has 0 spiro atoms. The van der Waals surface area contributed by atoms with Gasteiger partial charge in [0.15, 0.2) is 34.9 Å². The van der Waals surface area contributed by atoms with Crippen LogP contribution in [-0.4, -0.2) is 49.0 Å². The fourth-order valence-corrected chi connectivity index (χ4v) is 15.5. The van der Waals surface area contributed by atoms with Crippen LogP contribution in [0.15, 0.2) is 355 Å². The minimum absolute atomic E-state index is 0.0344. The number of rotatable bonds is 11. The fraction of sp³-hybridized carbons (Fsp3) is 0.0408. The van der Waals surface area contributed by atoms with Gasteiger partial charge in [0.2, 0.25) is 0 Å². The summed E-state index contributed by atoms with van der Waals surface area (Å²) in [7, 11) is 0. The Balaban J connectivity index is 0.000000144. The van der Waals surface area contributed by atoms with Crippen molar-refractivity contribution in [3.05, 3.63) is 352 Å². The first kappa shape index (κ1) is 64.9. The Morgan fingerprint density at radius 2 is 0.555 bits per heavy atom. The van der Waals surface area contributed by atoms with E-state index in [1.54, 1.807) is 0 Å². The van der Waals surface area contributed by atoms with Crippen LogP contribution in [0.1, 0.15) is 26.3 Å². The quantitative estimate of drug-likeness (QED) is 0.123. The number of aromatic nitrogens is 10. The average molecular weight is 1420 g/mol. The lowest BCUT2D eigenvalue weighted by Crippen LogP contribution is -2.10. The lowest BCUT2D eigenvalue weighted by Gasteiger charge is -2.19. The number of nitrogens with zero attached hydrogens (tertiary/aromatic N) is 10. The molecule has 0 atom stereocenters. The van der Waals surface area contributed by atoms with Gasteiger partial charge in [-0.15, -0.1) is 0 Å². The van der Waals surface area contributed by atoms with Gasteiger partial charge in [-0.25, -0.2) is 39.9 Å². The smallest absolute Gasteiger partial charge is 0.167 e. The molecule has 8 aromatic heterocycles. The Kier molecular flexibility index (Phi) is 15.8. The first-order valence-corrected chi connectivity index (χ1v) is 36.9. The van der Waals surface area contributed by atoms with Crippen LogP contribution in [0.2, 0.25) is 0 Å². The average Bonchev–Trinajstić information content (AvgIpc) is 1.57. The fourth-order valence-electron chi connectivity index (χ4n) is 15.5. The standard InChI is InChI=1S/C50H31N5O.C48H35N5O/c1-3-13-32(14-4-1)33-24-26-35(27-25-33)48-52-47(34-15-5-2-6-16-34)53-49(54-48)40-20-12-30-51-50(40)55-42-21-9-7-17-38(42)41-31-36(28-29-43(41)55)37-19-11-23-45-46(37)39-18-8-10-22-44(39)56-45;1-48(2,3)33-25-22-31(23-26-33)45-50-44(30-13-5-4-6-14-30)51-46(52-45)37-18-12-28-49-47(37)53-39-19-9-7-15-35(39)38-29-32(24-27-40(38)53)34-17-11-21-42-43(34)36-16-8-10-20-41(36)54-42/h1-31H;4-29H,1-3H3. The Bertz CT molecular complexity index is 7120. The van der Waals surface area contributed by atoms with Crippen molar-refractivity contribution < 1.29 is 8.83 Å². The van der Waals surface area contributed by atoms with Gasteiger partial charge in [0.1, 0.15) is 34.0 Å². The van der Waals surface area contributed by atoms with Crippen molar-refractivity contribution in [2.24, 2.45) is 0 Å².